The summed E-state index contributed by atoms with van der Waals surface area (Å²) in [5, 5.41) is 0. The Morgan fingerprint density at radius 1 is 1.25 bits per heavy atom. The van der Waals surface area contributed by atoms with Crippen LogP contribution in [0.1, 0.15) is 30.1 Å². The van der Waals surface area contributed by atoms with Crippen LogP contribution >= 0.6 is 7.60 Å². The lowest BCUT2D eigenvalue weighted by Gasteiger charge is -2.13. The summed E-state index contributed by atoms with van der Waals surface area (Å²) in [5.41, 5.74) is 0.438. The molecule has 1 rings (SSSR count). The standard InChI is InChI=1S/C14H21O5P/c1-4-5-9-19-13-8-6-7-12(10-13)14(15)11-20(16,17-2)18-3/h6-8,10H,4-5,9,11H2,1-3H3. The molecule has 0 aromatic heterocycles. The molecule has 5 nitrogen and oxygen atoms in total. The third kappa shape index (κ3) is 5.08. The first-order valence-corrected chi connectivity index (χ1v) is 8.24. The van der Waals surface area contributed by atoms with Gasteiger partial charge in [-0.1, -0.05) is 25.5 Å². The average molecular weight is 300 g/mol. The quantitative estimate of drug-likeness (QED) is 0.396. The number of hydrogen-bond donors (Lipinski definition) is 0. The predicted molar refractivity (Wildman–Crippen MR) is 77.7 cm³/mol. The van der Waals surface area contributed by atoms with E-state index >= 15 is 0 Å². The van der Waals surface area contributed by atoms with Gasteiger partial charge in [-0.25, -0.2) is 0 Å². The van der Waals surface area contributed by atoms with E-state index in [-0.39, 0.29) is 11.9 Å². The molecule has 0 aliphatic carbocycles. The molecule has 112 valence electrons. The van der Waals surface area contributed by atoms with Crippen molar-refractivity contribution in [2.45, 2.75) is 19.8 Å². The number of benzene rings is 1. The van der Waals surface area contributed by atoms with E-state index < -0.39 is 7.60 Å². The van der Waals surface area contributed by atoms with Crippen molar-refractivity contribution in [1.82, 2.24) is 0 Å². The molecule has 20 heavy (non-hydrogen) atoms. The first kappa shape index (κ1) is 16.9. The molecule has 0 heterocycles. The SMILES string of the molecule is CCCCOc1cccc(C(=O)CP(=O)(OC)OC)c1. The molecule has 1 aromatic rings. The van der Waals surface area contributed by atoms with Crippen molar-refractivity contribution in [3.63, 3.8) is 0 Å². The molecule has 0 spiro atoms. The van der Waals surface area contributed by atoms with Gasteiger partial charge >= 0.3 is 7.60 Å². The van der Waals surface area contributed by atoms with Crippen molar-refractivity contribution in [2.75, 3.05) is 27.0 Å². The highest BCUT2D eigenvalue weighted by Crippen LogP contribution is 2.46. The van der Waals surface area contributed by atoms with Gasteiger partial charge < -0.3 is 13.8 Å². The number of Topliss-reactive ketones (excluding diaryl/α,β-unsaturated/α-hetero) is 1. The van der Waals surface area contributed by atoms with E-state index in [2.05, 4.69) is 6.92 Å². The van der Waals surface area contributed by atoms with Gasteiger partial charge in [0.25, 0.3) is 0 Å². The minimum atomic E-state index is -3.33. The van der Waals surface area contributed by atoms with Gasteiger partial charge in [-0.3, -0.25) is 9.36 Å². The van der Waals surface area contributed by atoms with Crippen LogP contribution in [-0.4, -0.2) is 32.8 Å². The Balaban J connectivity index is 2.73. The molecule has 0 bridgehead atoms. The van der Waals surface area contributed by atoms with E-state index in [9.17, 15) is 9.36 Å². The van der Waals surface area contributed by atoms with E-state index in [1.807, 2.05) is 0 Å². The maximum atomic E-state index is 12.1. The highest BCUT2D eigenvalue weighted by molar-refractivity contribution is 7.54. The molecule has 0 atom stereocenters. The summed E-state index contributed by atoms with van der Waals surface area (Å²) in [5.74, 6) is 0.340. The first-order chi connectivity index (χ1) is 9.54. The lowest BCUT2D eigenvalue weighted by molar-refractivity contribution is 0.101. The van der Waals surface area contributed by atoms with Crippen LogP contribution in [0.3, 0.4) is 0 Å². The number of rotatable bonds is 9. The minimum absolute atomic E-state index is 0.279. The highest BCUT2D eigenvalue weighted by Gasteiger charge is 2.26. The molecule has 0 saturated heterocycles. The molecule has 0 N–H and O–H groups in total. The fourth-order valence-electron chi connectivity index (χ4n) is 1.56. The molecule has 6 heteroatoms. The monoisotopic (exact) mass is 300 g/mol. The predicted octanol–water partition coefficient (Wildman–Crippen LogP) is 3.53. The highest BCUT2D eigenvalue weighted by atomic mass is 31.2. The molecule has 0 radical (unpaired) electrons. The van der Waals surface area contributed by atoms with Crippen LogP contribution in [-0.2, 0) is 13.6 Å². The Labute approximate surface area is 119 Å². The molecule has 1 aromatic carbocycles. The van der Waals surface area contributed by atoms with Crippen LogP contribution in [0, 0.1) is 0 Å². The molecular weight excluding hydrogens is 279 g/mol. The third-order valence-corrected chi connectivity index (χ3v) is 4.60. The van der Waals surface area contributed by atoms with Crippen LogP contribution in [0.15, 0.2) is 24.3 Å². The van der Waals surface area contributed by atoms with Crippen molar-refractivity contribution >= 4 is 13.4 Å². The van der Waals surface area contributed by atoms with Crippen molar-refractivity contribution in [3.05, 3.63) is 29.8 Å². The fourth-order valence-corrected chi connectivity index (χ4v) is 2.51. The number of ketones is 1. The second kappa shape index (κ2) is 8.20. The van der Waals surface area contributed by atoms with E-state index in [0.29, 0.717) is 17.9 Å². The van der Waals surface area contributed by atoms with Crippen LogP contribution in [0.4, 0.5) is 0 Å². The van der Waals surface area contributed by atoms with Gasteiger partial charge in [0.1, 0.15) is 11.9 Å². The van der Waals surface area contributed by atoms with Gasteiger partial charge in [0.2, 0.25) is 0 Å². The van der Waals surface area contributed by atoms with Gasteiger partial charge in [0, 0.05) is 19.8 Å². The summed E-state index contributed by atoms with van der Waals surface area (Å²) in [6, 6.07) is 6.83. The maximum absolute atomic E-state index is 12.1. The molecular formula is C14H21O5P. The second-order valence-corrected chi connectivity index (χ2v) is 6.56. The summed E-state index contributed by atoms with van der Waals surface area (Å²) in [7, 11) is -0.803. The Morgan fingerprint density at radius 3 is 2.55 bits per heavy atom. The van der Waals surface area contributed by atoms with Gasteiger partial charge in [0.05, 0.1) is 6.61 Å². The Bertz CT molecular complexity index is 478. The van der Waals surface area contributed by atoms with Gasteiger partial charge in [-0.2, -0.15) is 0 Å². The average Bonchev–Trinajstić information content (AvgIpc) is 2.47. The topological polar surface area (TPSA) is 61.8 Å². The minimum Gasteiger partial charge on any atom is -0.494 e. The molecule has 0 fully saturated rings. The molecule has 0 amide bonds. The molecule has 0 unspecified atom stereocenters. The summed E-state index contributed by atoms with van der Waals surface area (Å²) >= 11 is 0. The smallest absolute Gasteiger partial charge is 0.337 e. The van der Waals surface area contributed by atoms with Crippen molar-refractivity contribution in [3.8, 4) is 5.75 Å². The lowest BCUT2D eigenvalue weighted by Crippen LogP contribution is -2.08. The molecule has 0 aliphatic heterocycles. The van der Waals surface area contributed by atoms with Crippen LogP contribution in [0.2, 0.25) is 0 Å². The number of carbonyl (C=O) groups is 1. The van der Waals surface area contributed by atoms with Crippen LogP contribution in [0.5, 0.6) is 5.75 Å². The summed E-state index contributed by atoms with van der Waals surface area (Å²) in [4.78, 5) is 12.1. The number of carbonyl (C=O) groups excluding carboxylic acids is 1. The zero-order chi connectivity index (χ0) is 15.0. The number of hydrogen-bond acceptors (Lipinski definition) is 5. The van der Waals surface area contributed by atoms with Crippen molar-refractivity contribution in [2.24, 2.45) is 0 Å². The third-order valence-electron chi connectivity index (χ3n) is 2.82. The Morgan fingerprint density at radius 2 is 1.95 bits per heavy atom. The summed E-state index contributed by atoms with van der Waals surface area (Å²) in [6.45, 7) is 2.69. The fraction of sp³-hybridized carbons (Fsp3) is 0.500. The number of ether oxygens (including phenoxy) is 1. The molecule has 0 aliphatic rings. The van der Waals surface area contributed by atoms with Crippen LogP contribution < -0.4 is 4.74 Å². The van der Waals surface area contributed by atoms with Crippen LogP contribution in [0.25, 0.3) is 0 Å². The lowest BCUT2D eigenvalue weighted by atomic mass is 10.1. The van der Waals surface area contributed by atoms with E-state index in [1.165, 1.54) is 14.2 Å². The second-order valence-electron chi connectivity index (χ2n) is 4.29. The van der Waals surface area contributed by atoms with Crippen molar-refractivity contribution < 1.29 is 23.1 Å². The number of unbranched alkanes of at least 4 members (excludes halogenated alkanes) is 1. The van der Waals surface area contributed by atoms with E-state index in [1.54, 1.807) is 24.3 Å². The van der Waals surface area contributed by atoms with Gasteiger partial charge in [-0.15, -0.1) is 0 Å². The van der Waals surface area contributed by atoms with Gasteiger partial charge in [-0.05, 0) is 18.6 Å². The van der Waals surface area contributed by atoms with E-state index in [4.69, 9.17) is 13.8 Å². The van der Waals surface area contributed by atoms with Gasteiger partial charge in [0.15, 0.2) is 5.78 Å². The van der Waals surface area contributed by atoms with Crippen molar-refractivity contribution in [1.29, 1.82) is 0 Å². The largest absolute Gasteiger partial charge is 0.494 e. The Kier molecular flexibility index (Phi) is 6.93. The van der Waals surface area contributed by atoms with E-state index in [0.717, 1.165) is 12.8 Å². The zero-order valence-electron chi connectivity index (χ0n) is 12.1. The first-order valence-electron chi connectivity index (χ1n) is 6.51. The zero-order valence-corrected chi connectivity index (χ0v) is 13.0. The molecule has 0 saturated carbocycles. The maximum Gasteiger partial charge on any atom is 0.337 e. The normalized spacial score (nSPS) is 11.3. The Hall–Kier alpha value is -1.16. The summed E-state index contributed by atoms with van der Waals surface area (Å²) < 4.78 is 27.0. The summed E-state index contributed by atoms with van der Waals surface area (Å²) in [6.07, 6.45) is 1.72.